The number of nitrogens with zero attached hydrogens (tertiary/aromatic N) is 2. The molecule has 0 aliphatic carbocycles. The number of rotatable bonds is 6. The third-order valence-electron chi connectivity index (χ3n) is 5.46. The Morgan fingerprint density at radius 3 is 2.57 bits per heavy atom. The topological polar surface area (TPSA) is 54.5 Å². The van der Waals surface area contributed by atoms with Gasteiger partial charge in [0.1, 0.15) is 5.75 Å². The Balaban J connectivity index is 1.50. The number of likely N-dealkylation sites (tertiary alicyclic amines) is 1. The van der Waals surface area contributed by atoms with Crippen LogP contribution in [0.4, 0.5) is 5.69 Å². The van der Waals surface area contributed by atoms with Crippen LogP contribution in [0.2, 0.25) is 0 Å². The van der Waals surface area contributed by atoms with Crippen molar-refractivity contribution in [1.29, 1.82) is 0 Å². The summed E-state index contributed by atoms with van der Waals surface area (Å²) in [5.41, 5.74) is 4.49. The van der Waals surface area contributed by atoms with E-state index in [1.54, 1.807) is 18.4 Å². The smallest absolute Gasteiger partial charge is 0.255 e. The molecule has 0 saturated carbocycles. The number of hydrogen-bond donors (Lipinski definition) is 1. The van der Waals surface area contributed by atoms with Crippen molar-refractivity contribution >= 4 is 22.9 Å². The summed E-state index contributed by atoms with van der Waals surface area (Å²) < 4.78 is 5.40. The van der Waals surface area contributed by atoms with Gasteiger partial charge < -0.3 is 10.1 Å². The van der Waals surface area contributed by atoms with Crippen LogP contribution in [-0.2, 0) is 6.54 Å². The lowest BCUT2D eigenvalue weighted by Crippen LogP contribution is -2.30. The summed E-state index contributed by atoms with van der Waals surface area (Å²) in [6.07, 6.45) is 3.73. The second-order valence-corrected chi connectivity index (χ2v) is 8.71. The quantitative estimate of drug-likeness (QED) is 0.582. The van der Waals surface area contributed by atoms with Gasteiger partial charge in [-0.1, -0.05) is 18.6 Å². The molecule has 5 nitrogen and oxygen atoms in total. The fraction of sp³-hybridized carbons (Fsp3) is 0.333. The average Bonchev–Trinajstić information content (AvgIpc) is 3.21. The van der Waals surface area contributed by atoms with E-state index < -0.39 is 0 Å². The molecule has 1 aliphatic heterocycles. The van der Waals surface area contributed by atoms with Gasteiger partial charge in [-0.15, -0.1) is 11.3 Å². The molecule has 6 heteroatoms. The minimum Gasteiger partial charge on any atom is -0.497 e. The molecular weight excluding hydrogens is 394 g/mol. The number of hydrogen-bond acceptors (Lipinski definition) is 5. The van der Waals surface area contributed by atoms with Gasteiger partial charge in [-0.2, -0.15) is 0 Å². The van der Waals surface area contributed by atoms with E-state index in [1.165, 1.54) is 19.3 Å². The Hall–Kier alpha value is -2.70. The number of anilines is 1. The Morgan fingerprint density at radius 2 is 1.90 bits per heavy atom. The van der Waals surface area contributed by atoms with Gasteiger partial charge in [-0.05, 0) is 68.8 Å². The SMILES string of the molecule is COc1ccc(C(=O)Nc2ccc(-c3csc(C)n3)cc2)c(CN2CCCCC2)c1. The minimum absolute atomic E-state index is 0.0954. The fourth-order valence-corrected chi connectivity index (χ4v) is 4.45. The first kappa shape index (κ1) is 20.6. The number of aryl methyl sites for hydroxylation is 1. The van der Waals surface area contributed by atoms with Crippen molar-refractivity contribution in [2.45, 2.75) is 32.7 Å². The molecule has 3 aromatic rings. The molecule has 0 radical (unpaired) electrons. The Kier molecular flexibility index (Phi) is 6.45. The summed E-state index contributed by atoms with van der Waals surface area (Å²) in [6.45, 7) is 4.92. The number of amides is 1. The third-order valence-corrected chi connectivity index (χ3v) is 6.23. The normalized spacial score (nSPS) is 14.5. The molecule has 0 unspecified atom stereocenters. The highest BCUT2D eigenvalue weighted by molar-refractivity contribution is 7.09. The molecule has 4 rings (SSSR count). The van der Waals surface area contributed by atoms with Crippen LogP contribution in [0.1, 0.15) is 40.2 Å². The van der Waals surface area contributed by atoms with Gasteiger partial charge >= 0.3 is 0 Å². The number of carbonyl (C=O) groups excluding carboxylic acids is 1. The maximum absolute atomic E-state index is 13.1. The maximum Gasteiger partial charge on any atom is 0.255 e. The van der Waals surface area contributed by atoms with E-state index in [0.717, 1.165) is 52.9 Å². The monoisotopic (exact) mass is 421 g/mol. The van der Waals surface area contributed by atoms with E-state index in [4.69, 9.17) is 4.74 Å². The molecule has 1 aromatic heterocycles. The zero-order valence-electron chi connectivity index (χ0n) is 17.5. The third kappa shape index (κ3) is 4.89. The van der Waals surface area contributed by atoms with E-state index in [2.05, 4.69) is 15.2 Å². The number of methoxy groups -OCH3 is 1. The van der Waals surface area contributed by atoms with Gasteiger partial charge in [-0.3, -0.25) is 9.69 Å². The summed E-state index contributed by atoms with van der Waals surface area (Å²) in [5, 5.41) is 6.13. The van der Waals surface area contributed by atoms with Crippen molar-refractivity contribution in [3.8, 4) is 17.0 Å². The second-order valence-electron chi connectivity index (χ2n) is 7.64. The zero-order chi connectivity index (χ0) is 20.9. The first-order chi connectivity index (χ1) is 14.6. The molecule has 0 bridgehead atoms. The lowest BCUT2D eigenvalue weighted by molar-refractivity contribution is 0.102. The largest absolute Gasteiger partial charge is 0.497 e. The molecule has 1 saturated heterocycles. The lowest BCUT2D eigenvalue weighted by Gasteiger charge is -2.27. The lowest BCUT2D eigenvalue weighted by atomic mass is 10.0. The van der Waals surface area contributed by atoms with Crippen LogP contribution in [0.25, 0.3) is 11.3 Å². The molecule has 1 aliphatic rings. The van der Waals surface area contributed by atoms with Crippen LogP contribution >= 0.6 is 11.3 Å². The number of aromatic nitrogens is 1. The summed E-state index contributed by atoms with van der Waals surface area (Å²) in [5.74, 6) is 0.684. The van der Waals surface area contributed by atoms with E-state index in [1.807, 2.05) is 54.8 Å². The zero-order valence-corrected chi connectivity index (χ0v) is 18.3. The molecule has 2 heterocycles. The van der Waals surface area contributed by atoms with E-state index >= 15 is 0 Å². The Morgan fingerprint density at radius 1 is 1.13 bits per heavy atom. The number of ether oxygens (including phenoxy) is 1. The van der Waals surface area contributed by atoms with Crippen LogP contribution in [0, 0.1) is 6.92 Å². The molecule has 0 atom stereocenters. The van der Waals surface area contributed by atoms with Crippen LogP contribution in [0.5, 0.6) is 5.75 Å². The van der Waals surface area contributed by atoms with Gasteiger partial charge in [0.05, 0.1) is 17.8 Å². The summed E-state index contributed by atoms with van der Waals surface area (Å²) in [7, 11) is 1.66. The highest BCUT2D eigenvalue weighted by Crippen LogP contribution is 2.25. The highest BCUT2D eigenvalue weighted by Gasteiger charge is 2.17. The van der Waals surface area contributed by atoms with E-state index in [-0.39, 0.29) is 5.91 Å². The summed E-state index contributed by atoms with van der Waals surface area (Å²) in [6, 6.07) is 13.5. The number of carbonyl (C=O) groups is 1. The predicted molar refractivity (Wildman–Crippen MR) is 122 cm³/mol. The van der Waals surface area contributed by atoms with E-state index in [9.17, 15) is 4.79 Å². The van der Waals surface area contributed by atoms with Crippen LogP contribution < -0.4 is 10.1 Å². The Bertz CT molecular complexity index is 1010. The number of benzene rings is 2. The summed E-state index contributed by atoms with van der Waals surface area (Å²) in [4.78, 5) is 20.0. The fourth-order valence-electron chi connectivity index (χ4n) is 3.83. The molecule has 1 amide bonds. The van der Waals surface area contributed by atoms with Crippen molar-refractivity contribution < 1.29 is 9.53 Å². The first-order valence-corrected chi connectivity index (χ1v) is 11.2. The number of nitrogens with one attached hydrogen (secondary N) is 1. The second kappa shape index (κ2) is 9.41. The first-order valence-electron chi connectivity index (χ1n) is 10.4. The highest BCUT2D eigenvalue weighted by atomic mass is 32.1. The molecule has 156 valence electrons. The van der Waals surface area contributed by atoms with Crippen LogP contribution in [0.3, 0.4) is 0 Å². The van der Waals surface area contributed by atoms with Gasteiger partial charge in [0, 0.05) is 28.7 Å². The van der Waals surface area contributed by atoms with Gasteiger partial charge in [0.15, 0.2) is 0 Å². The molecule has 2 aromatic carbocycles. The van der Waals surface area contributed by atoms with Crippen molar-refractivity contribution in [3.05, 3.63) is 64.0 Å². The van der Waals surface area contributed by atoms with Crippen LogP contribution in [-0.4, -0.2) is 36.0 Å². The number of thiazole rings is 1. The molecule has 30 heavy (non-hydrogen) atoms. The van der Waals surface area contributed by atoms with Crippen LogP contribution in [0.15, 0.2) is 47.8 Å². The Labute approximate surface area is 181 Å². The number of piperidine rings is 1. The van der Waals surface area contributed by atoms with Crippen molar-refractivity contribution in [3.63, 3.8) is 0 Å². The molecular formula is C24H27N3O2S. The van der Waals surface area contributed by atoms with Crippen molar-refractivity contribution in [1.82, 2.24) is 9.88 Å². The predicted octanol–water partition coefficient (Wildman–Crippen LogP) is 5.37. The van der Waals surface area contributed by atoms with Gasteiger partial charge in [-0.25, -0.2) is 4.98 Å². The van der Waals surface area contributed by atoms with Gasteiger partial charge in [0.25, 0.3) is 5.91 Å². The standard InChI is InChI=1S/C24H27N3O2S/c1-17-25-23(16-30-17)18-6-8-20(9-7-18)26-24(28)22-11-10-21(29-2)14-19(22)15-27-12-4-3-5-13-27/h6-11,14,16H,3-5,12-13,15H2,1-2H3,(H,26,28). The van der Waals surface area contributed by atoms with Gasteiger partial charge in [0.2, 0.25) is 0 Å². The van der Waals surface area contributed by atoms with E-state index in [0.29, 0.717) is 5.56 Å². The average molecular weight is 422 g/mol. The minimum atomic E-state index is -0.0954. The van der Waals surface area contributed by atoms with Crippen molar-refractivity contribution in [2.75, 3.05) is 25.5 Å². The summed E-state index contributed by atoms with van der Waals surface area (Å²) >= 11 is 1.63. The van der Waals surface area contributed by atoms with Crippen molar-refractivity contribution in [2.24, 2.45) is 0 Å². The maximum atomic E-state index is 13.1. The molecule has 1 fully saturated rings. The molecule has 1 N–H and O–H groups in total. The molecule has 0 spiro atoms.